The van der Waals surface area contributed by atoms with E-state index in [0.29, 0.717) is 11.3 Å². The quantitative estimate of drug-likeness (QED) is 0.738. The number of aryl methyl sites for hydroxylation is 1. The fourth-order valence-corrected chi connectivity index (χ4v) is 1.30. The average molecular weight is 203 g/mol. The van der Waals surface area contributed by atoms with Crippen LogP contribution in [0.1, 0.15) is 38.8 Å². The lowest BCUT2D eigenvalue weighted by atomic mass is 10.1. The van der Waals surface area contributed by atoms with Crippen molar-refractivity contribution in [2.45, 2.75) is 39.7 Å². The molecule has 0 atom stereocenters. The summed E-state index contributed by atoms with van der Waals surface area (Å²) in [5.41, 5.74) is 1.51. The molecule has 0 amide bonds. The van der Waals surface area contributed by atoms with Crippen LogP contribution >= 0.6 is 0 Å². The average Bonchev–Trinajstić information content (AvgIpc) is 2.16. The number of nitriles is 1. The Hall–Kier alpha value is -1.49. The van der Waals surface area contributed by atoms with E-state index in [9.17, 15) is 0 Å². The second-order valence-electron chi connectivity index (χ2n) is 4.51. The number of benzene rings is 1. The van der Waals surface area contributed by atoms with Crippen molar-refractivity contribution in [1.29, 1.82) is 5.26 Å². The molecule has 0 spiro atoms. The van der Waals surface area contributed by atoms with Crippen LogP contribution in [-0.4, -0.2) is 5.60 Å². The minimum absolute atomic E-state index is 0.265. The van der Waals surface area contributed by atoms with Gasteiger partial charge in [0.2, 0.25) is 0 Å². The molecule has 0 aliphatic carbocycles. The fraction of sp³-hybridized carbons (Fsp3) is 0.462. The van der Waals surface area contributed by atoms with Crippen molar-refractivity contribution < 1.29 is 4.74 Å². The van der Waals surface area contributed by atoms with Gasteiger partial charge in [-0.3, -0.25) is 0 Å². The number of rotatable bonds is 2. The Labute approximate surface area is 91.5 Å². The van der Waals surface area contributed by atoms with Gasteiger partial charge in [-0.15, -0.1) is 0 Å². The van der Waals surface area contributed by atoms with E-state index < -0.39 is 0 Å². The summed E-state index contributed by atoms with van der Waals surface area (Å²) in [6, 6.07) is 7.94. The van der Waals surface area contributed by atoms with Crippen LogP contribution < -0.4 is 4.74 Å². The molecule has 1 aromatic carbocycles. The normalized spacial score (nSPS) is 10.9. The number of hydrogen-bond donors (Lipinski definition) is 0. The van der Waals surface area contributed by atoms with E-state index >= 15 is 0 Å². The topological polar surface area (TPSA) is 33.0 Å². The molecule has 1 aromatic rings. The van der Waals surface area contributed by atoms with Crippen molar-refractivity contribution in [3.05, 3.63) is 29.3 Å². The molecule has 2 nitrogen and oxygen atoms in total. The van der Waals surface area contributed by atoms with Crippen LogP contribution in [0.15, 0.2) is 18.2 Å². The molecule has 0 heterocycles. The summed E-state index contributed by atoms with van der Waals surface area (Å²) >= 11 is 0. The van der Waals surface area contributed by atoms with E-state index in [0.717, 1.165) is 12.0 Å². The first-order valence-electron chi connectivity index (χ1n) is 5.18. The molecule has 0 saturated carbocycles. The predicted octanol–water partition coefficient (Wildman–Crippen LogP) is 3.30. The van der Waals surface area contributed by atoms with Crippen molar-refractivity contribution in [1.82, 2.24) is 0 Å². The molecular weight excluding hydrogens is 186 g/mol. The van der Waals surface area contributed by atoms with Crippen LogP contribution in [0.25, 0.3) is 0 Å². The second-order valence-corrected chi connectivity index (χ2v) is 4.51. The molecule has 0 saturated heterocycles. The van der Waals surface area contributed by atoms with E-state index in [1.54, 1.807) is 0 Å². The highest BCUT2D eigenvalue weighted by atomic mass is 16.5. The number of hydrogen-bond acceptors (Lipinski definition) is 2. The van der Waals surface area contributed by atoms with E-state index in [2.05, 4.69) is 13.0 Å². The minimum Gasteiger partial charge on any atom is -0.487 e. The lowest BCUT2D eigenvalue weighted by Crippen LogP contribution is -2.23. The lowest BCUT2D eigenvalue weighted by molar-refractivity contribution is 0.130. The zero-order valence-electron chi connectivity index (χ0n) is 9.79. The second kappa shape index (κ2) is 4.35. The molecule has 0 aliphatic rings. The van der Waals surface area contributed by atoms with Gasteiger partial charge in [0.15, 0.2) is 0 Å². The van der Waals surface area contributed by atoms with Crippen LogP contribution in [0, 0.1) is 11.3 Å². The van der Waals surface area contributed by atoms with Crippen LogP contribution in [0.4, 0.5) is 0 Å². The molecule has 0 unspecified atom stereocenters. The molecule has 0 bridgehead atoms. The van der Waals surface area contributed by atoms with Crippen LogP contribution in [0.3, 0.4) is 0 Å². The minimum atomic E-state index is -0.265. The SMILES string of the molecule is CCc1ccc(OC(C)(C)C)c(C#N)c1. The summed E-state index contributed by atoms with van der Waals surface area (Å²) < 4.78 is 5.70. The highest BCUT2D eigenvalue weighted by molar-refractivity contribution is 5.45. The molecule has 80 valence electrons. The van der Waals surface area contributed by atoms with Gasteiger partial charge in [-0.2, -0.15) is 5.26 Å². The van der Waals surface area contributed by atoms with Crippen molar-refractivity contribution >= 4 is 0 Å². The molecule has 1 rings (SSSR count). The van der Waals surface area contributed by atoms with Crippen molar-refractivity contribution in [3.63, 3.8) is 0 Å². The Balaban J connectivity index is 3.04. The highest BCUT2D eigenvalue weighted by Crippen LogP contribution is 2.23. The number of ether oxygens (including phenoxy) is 1. The Bertz CT molecular complexity index is 383. The van der Waals surface area contributed by atoms with Gasteiger partial charge < -0.3 is 4.74 Å². The Morgan fingerprint density at radius 1 is 1.33 bits per heavy atom. The van der Waals surface area contributed by atoms with E-state index in [1.807, 2.05) is 39.0 Å². The Morgan fingerprint density at radius 2 is 2.00 bits per heavy atom. The predicted molar refractivity (Wildman–Crippen MR) is 60.9 cm³/mol. The van der Waals surface area contributed by atoms with Gasteiger partial charge in [-0.25, -0.2) is 0 Å². The molecular formula is C13H17NO. The summed E-state index contributed by atoms with van der Waals surface area (Å²) in [6.45, 7) is 7.99. The maximum atomic E-state index is 9.01. The highest BCUT2D eigenvalue weighted by Gasteiger charge is 2.14. The van der Waals surface area contributed by atoms with E-state index in [4.69, 9.17) is 10.00 Å². The molecule has 0 aromatic heterocycles. The van der Waals surface area contributed by atoms with Crippen LogP contribution in [0.2, 0.25) is 0 Å². The summed E-state index contributed by atoms with van der Waals surface area (Å²) in [7, 11) is 0. The molecule has 2 heteroatoms. The van der Waals surface area contributed by atoms with Crippen LogP contribution in [0.5, 0.6) is 5.75 Å². The third-order valence-corrected chi connectivity index (χ3v) is 1.99. The molecule has 15 heavy (non-hydrogen) atoms. The van der Waals surface area contributed by atoms with Crippen molar-refractivity contribution in [2.75, 3.05) is 0 Å². The van der Waals surface area contributed by atoms with Gasteiger partial charge in [0, 0.05) is 0 Å². The molecule has 0 fully saturated rings. The summed E-state index contributed by atoms with van der Waals surface area (Å²) in [5.74, 6) is 0.669. The fourth-order valence-electron chi connectivity index (χ4n) is 1.30. The maximum Gasteiger partial charge on any atom is 0.137 e. The van der Waals surface area contributed by atoms with Gasteiger partial charge in [-0.1, -0.05) is 13.0 Å². The zero-order chi connectivity index (χ0) is 11.5. The lowest BCUT2D eigenvalue weighted by Gasteiger charge is -2.22. The molecule has 0 aliphatic heterocycles. The van der Waals surface area contributed by atoms with Gasteiger partial charge in [0.25, 0.3) is 0 Å². The van der Waals surface area contributed by atoms with E-state index in [-0.39, 0.29) is 5.60 Å². The molecule has 0 radical (unpaired) electrons. The third kappa shape index (κ3) is 3.28. The summed E-state index contributed by atoms with van der Waals surface area (Å²) in [6.07, 6.45) is 0.935. The Kier molecular flexibility index (Phi) is 3.36. The van der Waals surface area contributed by atoms with Crippen molar-refractivity contribution in [3.8, 4) is 11.8 Å². The van der Waals surface area contributed by atoms with Gasteiger partial charge in [0.05, 0.1) is 5.56 Å². The third-order valence-electron chi connectivity index (χ3n) is 1.99. The largest absolute Gasteiger partial charge is 0.487 e. The first-order valence-corrected chi connectivity index (χ1v) is 5.18. The standard InChI is InChI=1S/C13H17NO/c1-5-10-6-7-12(11(8-10)9-14)15-13(2,3)4/h6-8H,5H2,1-4H3. The smallest absolute Gasteiger partial charge is 0.137 e. The van der Waals surface area contributed by atoms with Gasteiger partial charge >= 0.3 is 0 Å². The zero-order valence-corrected chi connectivity index (χ0v) is 9.79. The summed E-state index contributed by atoms with van der Waals surface area (Å²) in [5, 5.41) is 9.01. The maximum absolute atomic E-state index is 9.01. The van der Waals surface area contributed by atoms with Crippen molar-refractivity contribution in [2.24, 2.45) is 0 Å². The first kappa shape index (κ1) is 11.6. The first-order chi connectivity index (χ1) is 6.96. The van der Waals surface area contributed by atoms with Gasteiger partial charge in [-0.05, 0) is 44.9 Å². The number of nitrogens with zero attached hydrogens (tertiary/aromatic N) is 1. The van der Waals surface area contributed by atoms with E-state index in [1.165, 1.54) is 0 Å². The van der Waals surface area contributed by atoms with Crippen LogP contribution in [-0.2, 0) is 6.42 Å². The molecule has 0 N–H and O–H groups in total. The Morgan fingerprint density at radius 3 is 2.47 bits per heavy atom. The summed E-state index contributed by atoms with van der Waals surface area (Å²) in [4.78, 5) is 0. The van der Waals surface area contributed by atoms with Gasteiger partial charge in [0.1, 0.15) is 17.4 Å². The monoisotopic (exact) mass is 203 g/mol.